The number of hydrogen-bond acceptors (Lipinski definition) is 1. The summed E-state index contributed by atoms with van der Waals surface area (Å²) in [7, 11) is 0. The van der Waals surface area contributed by atoms with Crippen molar-refractivity contribution in [3.8, 4) is 5.75 Å². The van der Waals surface area contributed by atoms with E-state index in [2.05, 4.69) is 6.92 Å². The molecule has 0 saturated heterocycles. The van der Waals surface area contributed by atoms with Crippen molar-refractivity contribution in [3.05, 3.63) is 28.8 Å². The molecule has 0 radical (unpaired) electrons. The van der Waals surface area contributed by atoms with Crippen LogP contribution in [0.15, 0.2) is 18.2 Å². The molecule has 0 aromatic heterocycles. The van der Waals surface area contributed by atoms with E-state index >= 15 is 0 Å². The molecular weight excluding hydrogens is 267 g/mol. The van der Waals surface area contributed by atoms with Gasteiger partial charge in [0.1, 0.15) is 5.75 Å². The van der Waals surface area contributed by atoms with Gasteiger partial charge in [-0.25, -0.2) is 0 Å². The van der Waals surface area contributed by atoms with Gasteiger partial charge in [0.15, 0.2) is 0 Å². The van der Waals surface area contributed by atoms with Crippen molar-refractivity contribution in [2.24, 2.45) is 5.92 Å². The summed E-state index contributed by atoms with van der Waals surface area (Å²) in [6.07, 6.45) is 6.48. The zero-order valence-electron chi connectivity index (χ0n) is 10.8. The van der Waals surface area contributed by atoms with Crippen molar-refractivity contribution in [1.82, 2.24) is 0 Å². The van der Waals surface area contributed by atoms with Crippen LogP contribution in [-0.4, -0.2) is 6.10 Å². The summed E-state index contributed by atoms with van der Waals surface area (Å²) in [5.74, 6) is 2.10. The molecule has 1 saturated carbocycles. The third kappa shape index (κ3) is 3.55. The quantitative estimate of drug-likeness (QED) is 0.671. The van der Waals surface area contributed by atoms with Crippen LogP contribution < -0.4 is 4.74 Å². The average molecular weight is 287 g/mol. The van der Waals surface area contributed by atoms with E-state index in [1.165, 1.54) is 19.3 Å². The predicted molar refractivity (Wildman–Crippen MR) is 77.7 cm³/mol. The van der Waals surface area contributed by atoms with Crippen molar-refractivity contribution in [2.45, 2.75) is 51.0 Å². The Balaban J connectivity index is 2.00. The molecule has 1 aromatic carbocycles. The Morgan fingerprint density at radius 2 is 2.17 bits per heavy atom. The molecule has 18 heavy (non-hydrogen) atoms. The van der Waals surface area contributed by atoms with Gasteiger partial charge >= 0.3 is 0 Å². The molecule has 1 aliphatic carbocycles. The van der Waals surface area contributed by atoms with E-state index in [0.717, 1.165) is 30.1 Å². The minimum Gasteiger partial charge on any atom is -0.489 e. The standard InChI is InChI=1S/C15H20Cl2O/c1-2-11-4-3-5-13(8-11)18-15-7-6-12(10-16)9-14(15)17/h6-7,9,11,13H,2-5,8,10H2,1H3. The first-order valence-electron chi connectivity index (χ1n) is 6.74. The maximum atomic E-state index is 6.21. The van der Waals surface area contributed by atoms with E-state index in [1.807, 2.05) is 18.2 Å². The van der Waals surface area contributed by atoms with E-state index in [-0.39, 0.29) is 0 Å². The predicted octanol–water partition coefficient (Wildman–Crippen LogP) is 5.43. The van der Waals surface area contributed by atoms with Crippen molar-refractivity contribution >= 4 is 23.2 Å². The molecule has 0 N–H and O–H groups in total. The minimum absolute atomic E-state index is 0.322. The van der Waals surface area contributed by atoms with E-state index in [4.69, 9.17) is 27.9 Å². The lowest BCUT2D eigenvalue weighted by Gasteiger charge is -2.29. The number of ether oxygens (including phenoxy) is 1. The summed E-state index contributed by atoms with van der Waals surface area (Å²) in [5, 5.41) is 0.673. The number of halogens is 2. The molecule has 1 aliphatic rings. The molecule has 0 amide bonds. The molecule has 1 nitrogen and oxygen atoms in total. The Morgan fingerprint density at radius 3 is 2.83 bits per heavy atom. The molecule has 0 spiro atoms. The summed E-state index contributed by atoms with van der Waals surface area (Å²) in [6, 6.07) is 5.81. The van der Waals surface area contributed by atoms with Gasteiger partial charge in [-0.3, -0.25) is 0 Å². The zero-order chi connectivity index (χ0) is 13.0. The van der Waals surface area contributed by atoms with Crippen LogP contribution in [-0.2, 0) is 5.88 Å². The summed E-state index contributed by atoms with van der Waals surface area (Å²) < 4.78 is 6.04. The van der Waals surface area contributed by atoms with Crippen LogP contribution in [0.5, 0.6) is 5.75 Å². The van der Waals surface area contributed by atoms with Gasteiger partial charge < -0.3 is 4.74 Å². The largest absolute Gasteiger partial charge is 0.489 e. The molecule has 0 heterocycles. The van der Waals surface area contributed by atoms with Crippen LogP contribution in [0.3, 0.4) is 0 Å². The maximum Gasteiger partial charge on any atom is 0.138 e. The minimum atomic E-state index is 0.322. The third-order valence-electron chi connectivity index (χ3n) is 3.76. The lowest BCUT2D eigenvalue weighted by atomic mass is 9.85. The van der Waals surface area contributed by atoms with Crippen molar-refractivity contribution < 1.29 is 4.74 Å². The first kappa shape index (κ1) is 14.0. The molecule has 1 fully saturated rings. The summed E-state index contributed by atoms with van der Waals surface area (Å²) >= 11 is 12.0. The molecule has 100 valence electrons. The molecule has 0 aliphatic heterocycles. The first-order chi connectivity index (χ1) is 8.72. The monoisotopic (exact) mass is 286 g/mol. The van der Waals surface area contributed by atoms with Crippen molar-refractivity contribution in [1.29, 1.82) is 0 Å². The van der Waals surface area contributed by atoms with Crippen LogP contribution >= 0.6 is 23.2 Å². The number of benzene rings is 1. The summed E-state index contributed by atoms with van der Waals surface area (Å²) in [6.45, 7) is 2.26. The van der Waals surface area contributed by atoms with Crippen LogP contribution in [0, 0.1) is 5.92 Å². The lowest BCUT2D eigenvalue weighted by Crippen LogP contribution is -2.25. The Labute approximate surface area is 119 Å². The van der Waals surface area contributed by atoms with Crippen molar-refractivity contribution in [2.75, 3.05) is 0 Å². The second kappa shape index (κ2) is 6.68. The summed E-state index contributed by atoms with van der Waals surface area (Å²) in [5.41, 5.74) is 1.03. The molecule has 2 unspecified atom stereocenters. The zero-order valence-corrected chi connectivity index (χ0v) is 12.3. The third-order valence-corrected chi connectivity index (χ3v) is 4.36. The molecule has 0 bridgehead atoms. The second-order valence-corrected chi connectivity index (χ2v) is 5.75. The number of alkyl halides is 1. The fraction of sp³-hybridized carbons (Fsp3) is 0.600. The lowest BCUT2D eigenvalue weighted by molar-refractivity contribution is 0.122. The van der Waals surface area contributed by atoms with Gasteiger partial charge in [-0.2, -0.15) is 0 Å². The van der Waals surface area contributed by atoms with Crippen molar-refractivity contribution in [3.63, 3.8) is 0 Å². The summed E-state index contributed by atoms with van der Waals surface area (Å²) in [4.78, 5) is 0. The second-order valence-electron chi connectivity index (χ2n) is 5.08. The van der Waals surface area contributed by atoms with Gasteiger partial charge in [-0.15, -0.1) is 11.6 Å². The van der Waals surface area contributed by atoms with E-state index in [1.54, 1.807) is 0 Å². The smallest absolute Gasteiger partial charge is 0.138 e. The Morgan fingerprint density at radius 1 is 1.33 bits per heavy atom. The van der Waals surface area contributed by atoms with E-state index in [0.29, 0.717) is 17.0 Å². The normalized spacial score (nSPS) is 23.9. The van der Waals surface area contributed by atoms with Gasteiger partial charge in [0.05, 0.1) is 11.1 Å². The van der Waals surface area contributed by atoms with Gasteiger partial charge in [-0.1, -0.05) is 37.4 Å². The van der Waals surface area contributed by atoms with Crippen LogP contribution in [0.4, 0.5) is 0 Å². The highest BCUT2D eigenvalue weighted by molar-refractivity contribution is 6.32. The highest BCUT2D eigenvalue weighted by Gasteiger charge is 2.22. The molecule has 3 heteroatoms. The maximum absolute atomic E-state index is 6.21. The van der Waals surface area contributed by atoms with Gasteiger partial charge in [0, 0.05) is 5.88 Å². The molecular formula is C15H20Cl2O. The van der Waals surface area contributed by atoms with Gasteiger partial charge in [0.25, 0.3) is 0 Å². The fourth-order valence-electron chi connectivity index (χ4n) is 2.62. The average Bonchev–Trinajstić information content (AvgIpc) is 2.41. The van der Waals surface area contributed by atoms with Crippen LogP contribution in [0.2, 0.25) is 5.02 Å². The van der Waals surface area contributed by atoms with Gasteiger partial charge in [-0.05, 0) is 42.9 Å². The molecule has 1 aromatic rings. The molecule has 2 rings (SSSR count). The Hall–Kier alpha value is -0.400. The fourth-order valence-corrected chi connectivity index (χ4v) is 3.04. The highest BCUT2D eigenvalue weighted by Crippen LogP contribution is 2.33. The topological polar surface area (TPSA) is 9.23 Å². The Bertz CT molecular complexity index is 392. The van der Waals surface area contributed by atoms with Crippen LogP contribution in [0.1, 0.15) is 44.6 Å². The van der Waals surface area contributed by atoms with E-state index < -0.39 is 0 Å². The van der Waals surface area contributed by atoms with Gasteiger partial charge in [0.2, 0.25) is 0 Å². The highest BCUT2D eigenvalue weighted by atomic mass is 35.5. The Kier molecular flexibility index (Phi) is 5.20. The first-order valence-corrected chi connectivity index (χ1v) is 7.65. The van der Waals surface area contributed by atoms with Crippen LogP contribution in [0.25, 0.3) is 0 Å². The number of rotatable bonds is 4. The molecule has 2 atom stereocenters. The van der Waals surface area contributed by atoms with E-state index in [9.17, 15) is 0 Å². The SMILES string of the molecule is CCC1CCCC(Oc2ccc(CCl)cc2Cl)C1. The number of hydrogen-bond donors (Lipinski definition) is 0.